The molecule has 0 aliphatic carbocycles. The van der Waals surface area contributed by atoms with Gasteiger partial charge in [0.05, 0.1) is 36.3 Å². The number of rotatable bonds is 16. The van der Waals surface area contributed by atoms with Crippen LogP contribution in [0.3, 0.4) is 0 Å². The number of carbonyl (C=O) groups is 3. The first-order valence-electron chi connectivity index (χ1n) is 21.0. The maximum atomic E-state index is 15.0. The van der Waals surface area contributed by atoms with Crippen molar-refractivity contribution in [2.24, 2.45) is 0 Å². The second kappa shape index (κ2) is 19.3. The summed E-state index contributed by atoms with van der Waals surface area (Å²) in [6, 6.07) is 23.6. The average molecular weight is 835 g/mol. The Kier molecular flexibility index (Phi) is 13.8. The fourth-order valence-electron chi connectivity index (χ4n) is 7.93. The largest absolute Gasteiger partial charge is 0.394 e. The molecule has 1 atom stereocenters. The van der Waals surface area contributed by atoms with E-state index in [1.807, 2.05) is 45.9 Å². The Morgan fingerprint density at radius 2 is 1.57 bits per heavy atom. The van der Waals surface area contributed by atoms with E-state index in [0.29, 0.717) is 62.6 Å². The van der Waals surface area contributed by atoms with Crippen LogP contribution in [0.5, 0.6) is 0 Å². The normalized spacial score (nSPS) is 15.8. The first kappa shape index (κ1) is 42.7. The van der Waals surface area contributed by atoms with E-state index < -0.39 is 27.9 Å². The molecule has 316 valence electrons. The fourth-order valence-corrected chi connectivity index (χ4v) is 8.94. The molecule has 0 bridgehead atoms. The van der Waals surface area contributed by atoms with Crippen LogP contribution in [0.2, 0.25) is 0 Å². The molecule has 0 spiro atoms. The number of aliphatic hydroxyl groups excluding tert-OH is 1. The number of hydrogen-bond acceptors (Lipinski definition) is 9. The Labute approximate surface area is 352 Å². The third kappa shape index (κ3) is 9.63. The van der Waals surface area contributed by atoms with Crippen molar-refractivity contribution in [3.05, 3.63) is 119 Å². The van der Waals surface area contributed by atoms with E-state index >= 15 is 4.79 Å². The van der Waals surface area contributed by atoms with Crippen LogP contribution < -0.4 is 4.72 Å². The number of carbonyl (C=O) groups excluding carboxylic acids is 3. The van der Waals surface area contributed by atoms with Gasteiger partial charge < -0.3 is 24.2 Å². The second-order valence-corrected chi connectivity index (χ2v) is 17.2. The molecule has 1 fully saturated rings. The molecule has 4 aromatic carbocycles. The van der Waals surface area contributed by atoms with Crippen LogP contribution in [0, 0.1) is 0 Å². The van der Waals surface area contributed by atoms with Crippen LogP contribution in [0.1, 0.15) is 81.9 Å². The monoisotopic (exact) mass is 834 g/mol. The fraction of sp³-hybridized carbons (Fsp3) is 0.391. The van der Waals surface area contributed by atoms with E-state index in [4.69, 9.17) is 9.72 Å². The number of nitrogens with zero attached hydrogens (tertiary/aromatic N) is 5. The second-order valence-electron chi connectivity index (χ2n) is 15.5. The van der Waals surface area contributed by atoms with Crippen LogP contribution in [0.25, 0.3) is 22.2 Å². The highest BCUT2D eigenvalue weighted by Gasteiger charge is 2.33. The third-order valence-corrected chi connectivity index (χ3v) is 12.8. The van der Waals surface area contributed by atoms with E-state index in [2.05, 4.69) is 23.5 Å². The average Bonchev–Trinajstić information content (AvgIpc) is 3.71. The lowest BCUT2D eigenvalue weighted by atomic mass is 9.92. The van der Waals surface area contributed by atoms with Crippen molar-refractivity contribution in [1.82, 2.24) is 29.0 Å². The number of aromatic nitrogens is 2. The molecule has 0 saturated carbocycles. The number of hydrogen-bond donors (Lipinski definition) is 2. The number of amides is 3. The summed E-state index contributed by atoms with van der Waals surface area (Å²) in [5.41, 5.74) is 2.63. The zero-order valence-electron chi connectivity index (χ0n) is 34.4. The minimum atomic E-state index is -4.31. The zero-order chi connectivity index (χ0) is 42.2. The molecular weight excluding hydrogens is 781 g/mol. The van der Waals surface area contributed by atoms with Crippen LogP contribution in [-0.2, 0) is 34.3 Å². The summed E-state index contributed by atoms with van der Waals surface area (Å²) in [5, 5.41) is 12.1. The molecule has 14 heteroatoms. The molecular formula is C46H54N6O7S. The standard InChI is InChI=1S/C46H54N6O7S/c1-3-5-19-50(20-6-4-2)46(56)42-31-51(22-21-49-23-25-59-26-24-49)43(47-42)40-18-16-36(44(54)48-60(57,58)39-17-15-33-11-7-8-13-35(33)28-39)29-41(40)45(55)52-30-37-14-10-9-12-34(37)27-38(52)32-53/h7-18,28-29,31,38,53H,3-6,19-27,30,32H2,1-2H3,(H,48,54). The van der Waals surface area contributed by atoms with Crippen molar-refractivity contribution in [3.8, 4) is 11.4 Å². The van der Waals surface area contributed by atoms with Gasteiger partial charge in [-0.05, 0) is 71.5 Å². The lowest BCUT2D eigenvalue weighted by Gasteiger charge is -2.36. The van der Waals surface area contributed by atoms with E-state index in [9.17, 15) is 23.1 Å². The summed E-state index contributed by atoms with van der Waals surface area (Å²) < 4.78 is 36.9. The highest BCUT2D eigenvalue weighted by Crippen LogP contribution is 2.31. The summed E-state index contributed by atoms with van der Waals surface area (Å²) in [5.74, 6) is -1.21. The quantitative estimate of drug-likeness (QED) is 0.126. The van der Waals surface area contributed by atoms with Crippen molar-refractivity contribution in [2.45, 2.75) is 70.0 Å². The van der Waals surface area contributed by atoms with Gasteiger partial charge in [0, 0.05) is 63.1 Å². The van der Waals surface area contributed by atoms with Gasteiger partial charge in [0.1, 0.15) is 11.5 Å². The third-order valence-electron chi connectivity index (χ3n) is 11.4. The van der Waals surface area contributed by atoms with Gasteiger partial charge in [-0.2, -0.15) is 0 Å². The van der Waals surface area contributed by atoms with Gasteiger partial charge in [-0.3, -0.25) is 19.3 Å². The van der Waals surface area contributed by atoms with Gasteiger partial charge in [-0.15, -0.1) is 0 Å². The Morgan fingerprint density at radius 3 is 2.28 bits per heavy atom. The van der Waals surface area contributed by atoms with Crippen molar-refractivity contribution < 1.29 is 32.6 Å². The maximum Gasteiger partial charge on any atom is 0.274 e. The first-order valence-corrected chi connectivity index (χ1v) is 22.4. The Bertz CT molecular complexity index is 2440. The minimum absolute atomic E-state index is 0.0579. The molecule has 0 radical (unpaired) electrons. The minimum Gasteiger partial charge on any atom is -0.394 e. The summed E-state index contributed by atoms with van der Waals surface area (Å²) in [6.45, 7) is 9.14. The highest BCUT2D eigenvalue weighted by atomic mass is 32.2. The Hall–Kier alpha value is -5.41. The van der Waals surface area contributed by atoms with Gasteiger partial charge in [0.15, 0.2) is 0 Å². The van der Waals surface area contributed by atoms with Crippen molar-refractivity contribution in [3.63, 3.8) is 0 Å². The van der Waals surface area contributed by atoms with Crippen molar-refractivity contribution >= 4 is 38.5 Å². The maximum absolute atomic E-state index is 15.0. The van der Waals surface area contributed by atoms with Crippen LogP contribution in [-0.4, -0.2) is 114 Å². The highest BCUT2D eigenvalue weighted by molar-refractivity contribution is 7.90. The molecule has 60 heavy (non-hydrogen) atoms. The molecule has 3 amide bonds. The number of benzene rings is 4. The lowest BCUT2D eigenvalue weighted by molar-refractivity contribution is 0.0364. The molecule has 1 saturated heterocycles. The molecule has 13 nitrogen and oxygen atoms in total. The molecule has 2 N–H and O–H groups in total. The predicted molar refractivity (Wildman–Crippen MR) is 230 cm³/mol. The van der Waals surface area contributed by atoms with E-state index in [0.717, 1.165) is 55.3 Å². The van der Waals surface area contributed by atoms with Gasteiger partial charge in [0.25, 0.3) is 27.7 Å². The smallest absolute Gasteiger partial charge is 0.274 e. The van der Waals surface area contributed by atoms with Gasteiger partial charge in [-0.25, -0.2) is 18.1 Å². The van der Waals surface area contributed by atoms with E-state index in [1.54, 1.807) is 35.4 Å². The zero-order valence-corrected chi connectivity index (χ0v) is 35.2. The number of nitrogens with one attached hydrogen (secondary N) is 1. The predicted octanol–water partition coefficient (Wildman–Crippen LogP) is 5.76. The van der Waals surface area contributed by atoms with Gasteiger partial charge in [0.2, 0.25) is 0 Å². The molecule has 7 rings (SSSR count). The number of sulfonamides is 1. The number of unbranched alkanes of at least 4 members (excludes halogenated alkanes) is 2. The molecule has 2 aliphatic rings. The van der Waals surface area contributed by atoms with Crippen molar-refractivity contribution in [2.75, 3.05) is 52.5 Å². The summed E-state index contributed by atoms with van der Waals surface area (Å²) >= 11 is 0. The van der Waals surface area contributed by atoms with Crippen LogP contribution >= 0.6 is 0 Å². The first-order chi connectivity index (χ1) is 29.1. The van der Waals surface area contributed by atoms with Crippen LogP contribution in [0.4, 0.5) is 0 Å². The summed E-state index contributed by atoms with van der Waals surface area (Å²) in [4.78, 5) is 53.7. The topological polar surface area (TPSA) is 154 Å². The Morgan fingerprint density at radius 1 is 0.867 bits per heavy atom. The molecule has 3 heterocycles. The summed E-state index contributed by atoms with van der Waals surface area (Å²) in [7, 11) is -4.31. The Balaban J connectivity index is 1.30. The van der Waals surface area contributed by atoms with Crippen molar-refractivity contribution in [1.29, 1.82) is 0 Å². The number of imidazole rings is 1. The molecule has 2 aliphatic heterocycles. The number of morpholine rings is 1. The summed E-state index contributed by atoms with van der Waals surface area (Å²) in [6.07, 6.45) is 5.74. The van der Waals surface area contributed by atoms with Gasteiger partial charge >= 0.3 is 0 Å². The number of fused-ring (bicyclic) bond motifs is 2. The molecule has 1 unspecified atom stereocenters. The number of ether oxygens (including phenoxy) is 1. The van der Waals surface area contributed by atoms with E-state index in [-0.39, 0.29) is 40.8 Å². The lowest BCUT2D eigenvalue weighted by Crippen LogP contribution is -2.46. The van der Waals surface area contributed by atoms with Crippen LogP contribution in [0.15, 0.2) is 96.0 Å². The molecule has 5 aromatic rings. The molecule has 1 aromatic heterocycles. The number of aliphatic hydroxyl groups is 1. The van der Waals surface area contributed by atoms with E-state index in [1.165, 1.54) is 24.3 Å². The van der Waals surface area contributed by atoms with Gasteiger partial charge in [-0.1, -0.05) is 81.3 Å². The SMILES string of the molecule is CCCCN(CCCC)C(=O)c1cn(CCN2CCOCC2)c(-c2ccc(C(=O)NS(=O)(=O)c3ccc4ccccc4c3)cc2C(=O)N2Cc3ccccc3CC2CO)n1.